The molecule has 1 amide bonds. The van der Waals surface area contributed by atoms with Crippen LogP contribution >= 0.6 is 11.6 Å². The monoisotopic (exact) mass is 416 g/mol. The van der Waals surface area contributed by atoms with Crippen molar-refractivity contribution in [3.63, 3.8) is 0 Å². The predicted molar refractivity (Wildman–Crippen MR) is 116 cm³/mol. The quantitative estimate of drug-likeness (QED) is 0.699. The van der Waals surface area contributed by atoms with E-state index in [2.05, 4.69) is 41.4 Å². The van der Waals surface area contributed by atoms with Crippen LogP contribution in [0.1, 0.15) is 56.9 Å². The molecule has 29 heavy (non-hydrogen) atoms. The molecule has 1 aromatic heterocycles. The molecule has 1 saturated carbocycles. The molecule has 6 nitrogen and oxygen atoms in total. The lowest BCUT2D eigenvalue weighted by atomic mass is 9.71. The molecule has 0 unspecified atom stereocenters. The molecule has 0 bridgehead atoms. The minimum absolute atomic E-state index is 0.155. The first kappa shape index (κ1) is 21.4. The highest BCUT2D eigenvalue weighted by atomic mass is 35.5. The van der Waals surface area contributed by atoms with Crippen molar-refractivity contribution in [1.82, 2.24) is 15.3 Å². The molecule has 156 valence electrons. The number of hydrogen-bond acceptors (Lipinski definition) is 5. The van der Waals surface area contributed by atoms with Crippen LogP contribution in [0.3, 0.4) is 0 Å². The summed E-state index contributed by atoms with van der Waals surface area (Å²) in [6.07, 6.45) is 5.64. The van der Waals surface area contributed by atoms with Crippen molar-refractivity contribution in [3.05, 3.63) is 41.2 Å². The third-order valence-electron chi connectivity index (χ3n) is 5.57. The Morgan fingerprint density at radius 1 is 1.21 bits per heavy atom. The van der Waals surface area contributed by atoms with Crippen LogP contribution in [-0.2, 0) is 0 Å². The SMILES string of the molecule is COc1cccc(Nc2ncc(Cl)c(C(=O)NC3CCC(C(C)(C)C)CC3)n2)c1. The highest BCUT2D eigenvalue weighted by Crippen LogP contribution is 2.37. The van der Waals surface area contributed by atoms with Gasteiger partial charge in [0.2, 0.25) is 5.95 Å². The normalized spacial score (nSPS) is 19.5. The summed E-state index contributed by atoms with van der Waals surface area (Å²) >= 11 is 6.21. The number of aromatic nitrogens is 2. The molecule has 0 spiro atoms. The molecule has 1 aliphatic carbocycles. The van der Waals surface area contributed by atoms with Gasteiger partial charge in [0.05, 0.1) is 18.3 Å². The maximum absolute atomic E-state index is 12.8. The van der Waals surface area contributed by atoms with Gasteiger partial charge in [-0.25, -0.2) is 9.97 Å². The number of methoxy groups -OCH3 is 1. The maximum Gasteiger partial charge on any atom is 0.271 e. The van der Waals surface area contributed by atoms with Gasteiger partial charge < -0.3 is 15.4 Å². The number of ether oxygens (including phenoxy) is 1. The van der Waals surface area contributed by atoms with E-state index in [9.17, 15) is 4.79 Å². The molecule has 1 aliphatic rings. The number of nitrogens with one attached hydrogen (secondary N) is 2. The van der Waals surface area contributed by atoms with E-state index >= 15 is 0 Å². The van der Waals surface area contributed by atoms with Crippen LogP contribution < -0.4 is 15.4 Å². The molecule has 0 aliphatic heterocycles. The van der Waals surface area contributed by atoms with Gasteiger partial charge in [0.25, 0.3) is 5.91 Å². The van der Waals surface area contributed by atoms with Crippen LogP contribution in [-0.4, -0.2) is 29.0 Å². The van der Waals surface area contributed by atoms with Crippen LogP contribution in [0.4, 0.5) is 11.6 Å². The van der Waals surface area contributed by atoms with Gasteiger partial charge in [-0.15, -0.1) is 0 Å². The maximum atomic E-state index is 12.8. The Morgan fingerprint density at radius 2 is 1.93 bits per heavy atom. The first-order valence-electron chi connectivity index (χ1n) is 10.0. The van der Waals surface area contributed by atoms with Crippen molar-refractivity contribution in [3.8, 4) is 5.75 Å². The Balaban J connectivity index is 1.65. The lowest BCUT2D eigenvalue weighted by Gasteiger charge is -2.37. The van der Waals surface area contributed by atoms with E-state index in [1.807, 2.05) is 24.3 Å². The van der Waals surface area contributed by atoms with Crippen molar-refractivity contribution in [2.75, 3.05) is 12.4 Å². The fraction of sp³-hybridized carbons (Fsp3) is 0.500. The highest BCUT2D eigenvalue weighted by molar-refractivity contribution is 6.33. The summed E-state index contributed by atoms with van der Waals surface area (Å²) in [6.45, 7) is 6.86. The number of benzene rings is 1. The molecule has 7 heteroatoms. The van der Waals surface area contributed by atoms with E-state index in [1.54, 1.807) is 7.11 Å². The van der Waals surface area contributed by atoms with Crippen molar-refractivity contribution in [1.29, 1.82) is 0 Å². The van der Waals surface area contributed by atoms with E-state index in [4.69, 9.17) is 16.3 Å². The first-order valence-corrected chi connectivity index (χ1v) is 10.4. The Kier molecular flexibility index (Phi) is 6.63. The number of halogens is 1. The molecular formula is C22H29ClN4O2. The van der Waals surface area contributed by atoms with Gasteiger partial charge >= 0.3 is 0 Å². The smallest absolute Gasteiger partial charge is 0.271 e. The molecule has 0 radical (unpaired) electrons. The van der Waals surface area contributed by atoms with Gasteiger partial charge in [-0.1, -0.05) is 38.4 Å². The molecule has 1 aromatic carbocycles. The van der Waals surface area contributed by atoms with Gasteiger partial charge in [-0.2, -0.15) is 0 Å². The van der Waals surface area contributed by atoms with Gasteiger partial charge in [0, 0.05) is 17.8 Å². The van der Waals surface area contributed by atoms with Gasteiger partial charge in [0.15, 0.2) is 5.69 Å². The first-order chi connectivity index (χ1) is 13.8. The minimum atomic E-state index is -0.259. The van der Waals surface area contributed by atoms with Gasteiger partial charge in [-0.3, -0.25) is 4.79 Å². The summed E-state index contributed by atoms with van der Waals surface area (Å²) in [5.74, 6) is 1.46. The summed E-state index contributed by atoms with van der Waals surface area (Å²) in [5, 5.41) is 6.42. The number of amides is 1. The zero-order valence-corrected chi connectivity index (χ0v) is 18.2. The average Bonchev–Trinajstić information content (AvgIpc) is 2.69. The number of carbonyl (C=O) groups excluding carboxylic acids is 1. The van der Waals surface area contributed by atoms with Crippen LogP contribution in [0.5, 0.6) is 5.75 Å². The summed E-state index contributed by atoms with van der Waals surface area (Å²) in [5.41, 5.74) is 1.26. The Labute approximate surface area is 177 Å². The fourth-order valence-corrected chi connectivity index (χ4v) is 3.95. The largest absolute Gasteiger partial charge is 0.497 e. The lowest BCUT2D eigenvalue weighted by molar-refractivity contribution is 0.0899. The van der Waals surface area contributed by atoms with E-state index in [-0.39, 0.29) is 22.7 Å². The molecule has 1 fully saturated rings. The summed E-state index contributed by atoms with van der Waals surface area (Å²) < 4.78 is 5.22. The van der Waals surface area contributed by atoms with E-state index < -0.39 is 0 Å². The molecule has 0 saturated heterocycles. The highest BCUT2D eigenvalue weighted by Gasteiger charge is 2.30. The molecular weight excluding hydrogens is 388 g/mol. The summed E-state index contributed by atoms with van der Waals surface area (Å²) in [7, 11) is 1.61. The number of hydrogen-bond donors (Lipinski definition) is 2. The average molecular weight is 417 g/mol. The van der Waals surface area contributed by atoms with E-state index in [0.717, 1.165) is 31.4 Å². The van der Waals surface area contributed by atoms with Crippen molar-refractivity contribution in [2.45, 2.75) is 52.5 Å². The van der Waals surface area contributed by atoms with Gasteiger partial charge in [-0.05, 0) is 49.1 Å². The molecule has 3 rings (SSSR count). The lowest BCUT2D eigenvalue weighted by Crippen LogP contribution is -2.40. The number of anilines is 2. The third-order valence-corrected chi connectivity index (χ3v) is 5.85. The molecule has 2 aromatic rings. The third kappa shape index (κ3) is 5.60. The Hall–Kier alpha value is -2.34. The van der Waals surface area contributed by atoms with Crippen molar-refractivity contribution >= 4 is 29.1 Å². The summed E-state index contributed by atoms with van der Waals surface area (Å²) in [4.78, 5) is 21.3. The second-order valence-corrected chi connectivity index (χ2v) is 9.04. The van der Waals surface area contributed by atoms with Crippen LogP contribution in [0.25, 0.3) is 0 Å². The Bertz CT molecular complexity index is 858. The topological polar surface area (TPSA) is 76.1 Å². The Morgan fingerprint density at radius 3 is 2.59 bits per heavy atom. The van der Waals surface area contributed by atoms with Gasteiger partial charge in [0.1, 0.15) is 5.75 Å². The summed E-state index contributed by atoms with van der Waals surface area (Å²) in [6, 6.07) is 7.56. The minimum Gasteiger partial charge on any atom is -0.497 e. The number of nitrogens with zero attached hydrogens (tertiary/aromatic N) is 2. The van der Waals surface area contributed by atoms with Crippen LogP contribution in [0, 0.1) is 11.3 Å². The zero-order valence-electron chi connectivity index (χ0n) is 17.5. The van der Waals surface area contributed by atoms with Crippen molar-refractivity contribution in [2.24, 2.45) is 11.3 Å². The number of carbonyl (C=O) groups is 1. The standard InChI is InChI=1S/C22H29ClN4O2/c1-22(2,3)14-8-10-15(11-9-14)25-20(28)19-18(23)13-24-21(27-19)26-16-6-5-7-17(12-16)29-4/h5-7,12-15H,8-11H2,1-4H3,(H,25,28)(H,24,26,27). The molecule has 1 heterocycles. The van der Waals surface area contributed by atoms with E-state index in [1.165, 1.54) is 6.20 Å². The zero-order chi connectivity index (χ0) is 21.0. The fourth-order valence-electron chi connectivity index (χ4n) is 3.77. The molecule has 2 N–H and O–H groups in total. The van der Waals surface area contributed by atoms with Crippen LogP contribution in [0.15, 0.2) is 30.5 Å². The van der Waals surface area contributed by atoms with E-state index in [0.29, 0.717) is 23.0 Å². The second-order valence-electron chi connectivity index (χ2n) is 8.64. The van der Waals surface area contributed by atoms with Crippen molar-refractivity contribution < 1.29 is 9.53 Å². The van der Waals surface area contributed by atoms with Crippen LogP contribution in [0.2, 0.25) is 5.02 Å². The predicted octanol–water partition coefficient (Wildman–Crippen LogP) is 5.22. The second kappa shape index (κ2) is 8.99. The number of rotatable bonds is 5. The molecule has 0 atom stereocenters.